The zero-order valence-corrected chi connectivity index (χ0v) is 16.5. The van der Waals surface area contributed by atoms with Crippen molar-refractivity contribution < 1.29 is 19.1 Å². The van der Waals surface area contributed by atoms with Gasteiger partial charge in [0.05, 0.1) is 0 Å². The van der Waals surface area contributed by atoms with Gasteiger partial charge in [0.15, 0.2) is 6.61 Å². The molecule has 28 heavy (non-hydrogen) atoms. The van der Waals surface area contributed by atoms with Gasteiger partial charge in [0, 0.05) is 5.56 Å². The van der Waals surface area contributed by atoms with Crippen molar-refractivity contribution in [2.75, 3.05) is 13.2 Å². The third-order valence-corrected chi connectivity index (χ3v) is 3.95. The fourth-order valence-corrected chi connectivity index (χ4v) is 2.48. The summed E-state index contributed by atoms with van der Waals surface area (Å²) in [5, 5.41) is 0. The van der Waals surface area contributed by atoms with E-state index >= 15 is 0 Å². The van der Waals surface area contributed by atoms with Crippen LogP contribution in [0.5, 0.6) is 11.5 Å². The van der Waals surface area contributed by atoms with E-state index in [0.29, 0.717) is 23.7 Å². The van der Waals surface area contributed by atoms with Crippen molar-refractivity contribution in [3.05, 3.63) is 71.8 Å². The summed E-state index contributed by atoms with van der Waals surface area (Å²) in [4.78, 5) is 24.1. The Bertz CT molecular complexity index is 829. The number of ether oxygens (including phenoxy) is 2. The molecule has 0 atom stereocenters. The van der Waals surface area contributed by atoms with Crippen molar-refractivity contribution in [2.24, 2.45) is 0 Å². The molecular weight excluding hydrogens is 356 g/mol. The van der Waals surface area contributed by atoms with E-state index in [1.807, 2.05) is 25.1 Å². The van der Waals surface area contributed by atoms with E-state index in [-0.39, 0.29) is 12.5 Å². The molecule has 0 aliphatic rings. The highest BCUT2D eigenvalue weighted by molar-refractivity contribution is 5.95. The van der Waals surface area contributed by atoms with Crippen molar-refractivity contribution in [2.45, 2.75) is 26.7 Å². The summed E-state index contributed by atoms with van der Waals surface area (Å²) in [5.74, 6) is 0.703. The monoisotopic (exact) mass is 382 g/mol. The van der Waals surface area contributed by atoms with Crippen molar-refractivity contribution in [3.8, 4) is 11.5 Å². The van der Waals surface area contributed by atoms with Crippen molar-refractivity contribution in [1.29, 1.82) is 0 Å². The second-order valence-electron chi connectivity index (χ2n) is 6.61. The van der Waals surface area contributed by atoms with Gasteiger partial charge in [-0.3, -0.25) is 20.4 Å². The molecule has 2 amide bonds. The largest absolute Gasteiger partial charge is 0.490 e. The first-order valence-corrected chi connectivity index (χ1v) is 9.07. The molecule has 2 aromatic carbocycles. The van der Waals surface area contributed by atoms with Gasteiger partial charge in [-0.2, -0.15) is 0 Å². The molecule has 6 heteroatoms. The van der Waals surface area contributed by atoms with Gasteiger partial charge in [-0.1, -0.05) is 38.6 Å². The van der Waals surface area contributed by atoms with E-state index in [1.54, 1.807) is 30.3 Å². The summed E-state index contributed by atoms with van der Waals surface area (Å²) in [7, 11) is 0. The Morgan fingerprint density at radius 3 is 2.43 bits per heavy atom. The third-order valence-electron chi connectivity index (χ3n) is 3.95. The average Bonchev–Trinajstić information content (AvgIpc) is 2.69. The molecule has 0 saturated carbocycles. The van der Waals surface area contributed by atoms with Crippen LogP contribution in [0.3, 0.4) is 0 Å². The summed E-state index contributed by atoms with van der Waals surface area (Å²) < 4.78 is 11.0. The Balaban J connectivity index is 1.85. The highest BCUT2D eigenvalue weighted by Crippen LogP contribution is 2.27. The minimum absolute atomic E-state index is 0.197. The lowest BCUT2D eigenvalue weighted by atomic mass is 10.0. The summed E-state index contributed by atoms with van der Waals surface area (Å²) in [6.07, 6.45) is 1.64. The van der Waals surface area contributed by atoms with Gasteiger partial charge in [-0.05, 0) is 54.3 Å². The highest BCUT2D eigenvalue weighted by Gasteiger charge is 2.11. The molecule has 0 aliphatic heterocycles. The zero-order valence-electron chi connectivity index (χ0n) is 16.5. The molecule has 0 bridgehead atoms. The van der Waals surface area contributed by atoms with Crippen LogP contribution in [0, 0.1) is 6.92 Å². The van der Waals surface area contributed by atoms with Gasteiger partial charge >= 0.3 is 0 Å². The number of amides is 2. The predicted octanol–water partition coefficient (Wildman–Crippen LogP) is 3.52. The second-order valence-corrected chi connectivity index (χ2v) is 6.61. The van der Waals surface area contributed by atoms with Gasteiger partial charge in [0.1, 0.15) is 18.1 Å². The standard InChI is InChI=1S/C22H26N2O4/c1-5-12-27-18-9-7-17(8-10-18)22(26)24-23-21(25)14-28-20-13-16(4)6-11-19(20)15(2)3/h5-11,13,15H,1,12,14H2,2-4H3,(H,23,25)(H,24,26). The van der Waals surface area contributed by atoms with Crippen LogP contribution in [-0.4, -0.2) is 25.0 Å². The summed E-state index contributed by atoms with van der Waals surface area (Å²) >= 11 is 0. The Morgan fingerprint density at radius 1 is 1.07 bits per heavy atom. The molecule has 0 saturated heterocycles. The van der Waals surface area contributed by atoms with E-state index in [2.05, 4.69) is 31.3 Å². The number of aryl methyl sites for hydroxylation is 1. The average molecular weight is 382 g/mol. The van der Waals surface area contributed by atoms with Crippen LogP contribution >= 0.6 is 0 Å². The SMILES string of the molecule is C=CCOc1ccc(C(=O)NNC(=O)COc2cc(C)ccc2C(C)C)cc1. The number of rotatable bonds is 8. The minimum Gasteiger partial charge on any atom is -0.490 e. The van der Waals surface area contributed by atoms with Crippen LogP contribution in [0.2, 0.25) is 0 Å². The van der Waals surface area contributed by atoms with E-state index in [9.17, 15) is 9.59 Å². The van der Waals surface area contributed by atoms with Gasteiger partial charge in [0.25, 0.3) is 11.8 Å². The Morgan fingerprint density at radius 2 is 1.79 bits per heavy atom. The second kappa shape index (κ2) is 10.2. The van der Waals surface area contributed by atoms with Crippen LogP contribution in [0.1, 0.15) is 41.3 Å². The van der Waals surface area contributed by atoms with Crippen molar-refractivity contribution in [3.63, 3.8) is 0 Å². The first-order chi connectivity index (χ1) is 13.4. The predicted molar refractivity (Wildman–Crippen MR) is 109 cm³/mol. The van der Waals surface area contributed by atoms with Crippen LogP contribution in [0.4, 0.5) is 0 Å². The van der Waals surface area contributed by atoms with Crippen LogP contribution in [0.25, 0.3) is 0 Å². The molecule has 148 valence electrons. The van der Waals surface area contributed by atoms with Gasteiger partial charge in [0.2, 0.25) is 0 Å². The minimum atomic E-state index is -0.449. The van der Waals surface area contributed by atoms with Crippen LogP contribution in [-0.2, 0) is 4.79 Å². The van der Waals surface area contributed by atoms with E-state index in [4.69, 9.17) is 9.47 Å². The fraction of sp³-hybridized carbons (Fsp3) is 0.273. The molecule has 0 heterocycles. The van der Waals surface area contributed by atoms with E-state index < -0.39 is 11.8 Å². The Hall–Kier alpha value is -3.28. The molecule has 0 fully saturated rings. The van der Waals surface area contributed by atoms with Gasteiger partial charge in [-0.25, -0.2) is 0 Å². The maximum atomic E-state index is 12.1. The molecule has 0 unspecified atom stereocenters. The lowest BCUT2D eigenvalue weighted by molar-refractivity contribution is -0.123. The number of carbonyl (C=O) groups is 2. The number of benzene rings is 2. The van der Waals surface area contributed by atoms with E-state index in [1.165, 1.54) is 0 Å². The highest BCUT2D eigenvalue weighted by atomic mass is 16.5. The van der Waals surface area contributed by atoms with E-state index in [0.717, 1.165) is 11.1 Å². The fourth-order valence-electron chi connectivity index (χ4n) is 2.48. The topological polar surface area (TPSA) is 76.7 Å². The van der Waals surface area contributed by atoms with Gasteiger partial charge in [-0.15, -0.1) is 0 Å². The van der Waals surface area contributed by atoms with Crippen LogP contribution in [0.15, 0.2) is 55.1 Å². The Labute approximate surface area is 165 Å². The first kappa shape index (κ1) is 21.0. The van der Waals surface area contributed by atoms with Gasteiger partial charge < -0.3 is 9.47 Å². The summed E-state index contributed by atoms with van der Waals surface area (Å²) in [6.45, 7) is 9.85. The Kier molecular flexibility index (Phi) is 7.63. The van der Waals surface area contributed by atoms with Crippen molar-refractivity contribution >= 4 is 11.8 Å². The molecule has 2 N–H and O–H groups in total. The maximum absolute atomic E-state index is 12.1. The lowest BCUT2D eigenvalue weighted by Gasteiger charge is -2.15. The normalized spacial score (nSPS) is 10.3. The first-order valence-electron chi connectivity index (χ1n) is 9.07. The lowest BCUT2D eigenvalue weighted by Crippen LogP contribution is -2.43. The molecule has 0 spiro atoms. The molecular formula is C22H26N2O4. The zero-order chi connectivity index (χ0) is 20.5. The number of hydrogen-bond acceptors (Lipinski definition) is 4. The summed E-state index contributed by atoms with van der Waals surface area (Å²) in [5.41, 5.74) is 7.20. The molecule has 0 aliphatic carbocycles. The molecule has 6 nitrogen and oxygen atoms in total. The van der Waals surface area contributed by atoms with Crippen molar-refractivity contribution in [1.82, 2.24) is 10.9 Å². The molecule has 2 rings (SSSR count). The van der Waals surface area contributed by atoms with Crippen LogP contribution < -0.4 is 20.3 Å². The number of hydrogen-bond donors (Lipinski definition) is 2. The number of hydrazine groups is 1. The number of nitrogens with one attached hydrogen (secondary N) is 2. The molecule has 0 radical (unpaired) electrons. The summed E-state index contributed by atoms with van der Waals surface area (Å²) in [6, 6.07) is 12.5. The third kappa shape index (κ3) is 6.16. The molecule has 0 aromatic heterocycles. The number of carbonyl (C=O) groups excluding carboxylic acids is 2. The quantitative estimate of drug-likeness (QED) is 0.541. The smallest absolute Gasteiger partial charge is 0.276 e. The maximum Gasteiger partial charge on any atom is 0.276 e. The molecule has 2 aromatic rings.